The Labute approximate surface area is 93.7 Å². The second-order valence-electron chi connectivity index (χ2n) is 3.51. The van der Waals surface area contributed by atoms with Crippen LogP contribution < -0.4 is 5.32 Å². The highest BCUT2D eigenvalue weighted by Crippen LogP contribution is 2.17. The summed E-state index contributed by atoms with van der Waals surface area (Å²) in [4.78, 5) is 24.7. The van der Waals surface area contributed by atoms with Crippen molar-refractivity contribution in [3.05, 3.63) is 29.3 Å². The number of hydrogen-bond donors (Lipinski definition) is 2. The summed E-state index contributed by atoms with van der Waals surface area (Å²) in [6, 6.07) is 4.08. The number of rotatable bonds is 2. The SMILES string of the molecule is CNC(=O)c1cc(O)ccc1C(=O)N(C)C. The monoisotopic (exact) mass is 222 g/mol. The molecule has 0 heterocycles. The van der Waals surface area contributed by atoms with Crippen molar-refractivity contribution in [2.75, 3.05) is 21.1 Å². The van der Waals surface area contributed by atoms with E-state index in [4.69, 9.17) is 0 Å². The van der Waals surface area contributed by atoms with Crippen LogP contribution in [0.15, 0.2) is 18.2 Å². The van der Waals surface area contributed by atoms with Gasteiger partial charge in [0.2, 0.25) is 0 Å². The number of nitrogens with one attached hydrogen (secondary N) is 1. The molecule has 2 N–H and O–H groups in total. The molecule has 0 aliphatic rings. The second-order valence-corrected chi connectivity index (χ2v) is 3.51. The fourth-order valence-electron chi connectivity index (χ4n) is 1.28. The Bertz CT molecular complexity index is 427. The number of phenols is 1. The highest BCUT2D eigenvalue weighted by Gasteiger charge is 2.18. The lowest BCUT2D eigenvalue weighted by atomic mass is 10.1. The molecule has 0 saturated heterocycles. The van der Waals surface area contributed by atoms with E-state index in [1.165, 1.54) is 30.1 Å². The van der Waals surface area contributed by atoms with E-state index in [-0.39, 0.29) is 22.8 Å². The summed E-state index contributed by atoms with van der Waals surface area (Å²) in [6.45, 7) is 0. The summed E-state index contributed by atoms with van der Waals surface area (Å²) >= 11 is 0. The van der Waals surface area contributed by atoms with Crippen molar-refractivity contribution in [1.29, 1.82) is 0 Å². The number of benzene rings is 1. The first-order chi connectivity index (χ1) is 7.47. The predicted octanol–water partition coefficient (Wildman–Crippen LogP) is 0.454. The molecule has 16 heavy (non-hydrogen) atoms. The zero-order chi connectivity index (χ0) is 12.3. The molecule has 1 aromatic rings. The second kappa shape index (κ2) is 4.65. The smallest absolute Gasteiger partial charge is 0.254 e. The molecule has 0 spiro atoms. The largest absolute Gasteiger partial charge is 0.508 e. The molecule has 2 amide bonds. The molecule has 5 nitrogen and oxygen atoms in total. The summed E-state index contributed by atoms with van der Waals surface area (Å²) < 4.78 is 0. The van der Waals surface area contributed by atoms with Gasteiger partial charge in [-0.05, 0) is 18.2 Å². The van der Waals surface area contributed by atoms with E-state index in [1.54, 1.807) is 14.1 Å². The maximum atomic E-state index is 11.8. The summed E-state index contributed by atoms with van der Waals surface area (Å²) in [6.07, 6.45) is 0. The van der Waals surface area contributed by atoms with Gasteiger partial charge >= 0.3 is 0 Å². The average molecular weight is 222 g/mol. The normalized spacial score (nSPS) is 9.69. The molecule has 5 heteroatoms. The number of nitrogens with zero attached hydrogens (tertiary/aromatic N) is 1. The number of aromatic hydroxyl groups is 1. The molecular weight excluding hydrogens is 208 g/mol. The van der Waals surface area contributed by atoms with E-state index in [0.717, 1.165) is 0 Å². The van der Waals surface area contributed by atoms with Gasteiger partial charge in [0.05, 0.1) is 11.1 Å². The zero-order valence-corrected chi connectivity index (χ0v) is 9.44. The van der Waals surface area contributed by atoms with Crippen molar-refractivity contribution in [3.63, 3.8) is 0 Å². The van der Waals surface area contributed by atoms with Crippen LogP contribution in [0.2, 0.25) is 0 Å². The van der Waals surface area contributed by atoms with Crippen LogP contribution in [0.5, 0.6) is 5.75 Å². The van der Waals surface area contributed by atoms with Gasteiger partial charge < -0.3 is 15.3 Å². The third kappa shape index (κ3) is 2.31. The Morgan fingerprint density at radius 1 is 1.25 bits per heavy atom. The molecule has 0 aromatic heterocycles. The van der Waals surface area contributed by atoms with Gasteiger partial charge in [0.15, 0.2) is 0 Å². The number of phenolic OH excluding ortho intramolecular Hbond substituents is 1. The molecule has 86 valence electrons. The third-order valence-corrected chi connectivity index (χ3v) is 2.11. The van der Waals surface area contributed by atoms with Crippen LogP contribution >= 0.6 is 0 Å². The average Bonchev–Trinajstić information content (AvgIpc) is 2.26. The lowest BCUT2D eigenvalue weighted by Crippen LogP contribution is -2.27. The lowest BCUT2D eigenvalue weighted by Gasteiger charge is -2.13. The molecule has 0 bridgehead atoms. The highest BCUT2D eigenvalue weighted by molar-refractivity contribution is 6.07. The van der Waals surface area contributed by atoms with Crippen LogP contribution in [0.3, 0.4) is 0 Å². The van der Waals surface area contributed by atoms with Crippen LogP contribution in [0.4, 0.5) is 0 Å². The molecule has 0 aliphatic heterocycles. The Morgan fingerprint density at radius 3 is 2.38 bits per heavy atom. The molecule has 0 fully saturated rings. The van der Waals surface area contributed by atoms with Crippen molar-refractivity contribution < 1.29 is 14.7 Å². The molecule has 0 saturated carbocycles. The van der Waals surface area contributed by atoms with Gasteiger partial charge in [0.1, 0.15) is 5.75 Å². The minimum atomic E-state index is -0.402. The summed E-state index contributed by atoms with van der Waals surface area (Å²) in [5.74, 6) is -0.728. The molecule has 0 unspecified atom stereocenters. The van der Waals surface area contributed by atoms with Gasteiger partial charge in [-0.1, -0.05) is 0 Å². The van der Waals surface area contributed by atoms with Crippen molar-refractivity contribution in [1.82, 2.24) is 10.2 Å². The van der Waals surface area contributed by atoms with Crippen LogP contribution in [0.25, 0.3) is 0 Å². The van der Waals surface area contributed by atoms with E-state index in [0.29, 0.717) is 0 Å². The first-order valence-electron chi connectivity index (χ1n) is 4.74. The van der Waals surface area contributed by atoms with Crippen LogP contribution in [0.1, 0.15) is 20.7 Å². The maximum absolute atomic E-state index is 11.8. The van der Waals surface area contributed by atoms with Gasteiger partial charge in [-0.2, -0.15) is 0 Å². The fraction of sp³-hybridized carbons (Fsp3) is 0.273. The Kier molecular flexibility index (Phi) is 3.50. The third-order valence-electron chi connectivity index (χ3n) is 2.11. The Morgan fingerprint density at radius 2 is 1.88 bits per heavy atom. The number of amides is 2. The van der Waals surface area contributed by atoms with Crippen LogP contribution in [0, 0.1) is 0 Å². The number of carbonyl (C=O) groups excluding carboxylic acids is 2. The molecular formula is C11H14N2O3. The molecule has 0 aliphatic carbocycles. The number of carbonyl (C=O) groups is 2. The van der Waals surface area contributed by atoms with Crippen molar-refractivity contribution in [2.24, 2.45) is 0 Å². The van der Waals surface area contributed by atoms with Gasteiger partial charge in [0, 0.05) is 21.1 Å². The van der Waals surface area contributed by atoms with Crippen molar-refractivity contribution in [2.45, 2.75) is 0 Å². The van der Waals surface area contributed by atoms with E-state index in [2.05, 4.69) is 5.32 Å². The maximum Gasteiger partial charge on any atom is 0.254 e. The molecule has 1 rings (SSSR count). The Balaban J connectivity index is 3.28. The first-order valence-corrected chi connectivity index (χ1v) is 4.74. The Hall–Kier alpha value is -2.04. The fourth-order valence-corrected chi connectivity index (χ4v) is 1.28. The van der Waals surface area contributed by atoms with E-state index >= 15 is 0 Å². The van der Waals surface area contributed by atoms with Gasteiger partial charge in [-0.25, -0.2) is 0 Å². The van der Waals surface area contributed by atoms with Crippen LogP contribution in [-0.2, 0) is 0 Å². The predicted molar refractivity (Wildman–Crippen MR) is 59.5 cm³/mol. The summed E-state index contributed by atoms with van der Waals surface area (Å²) in [5, 5.41) is 11.7. The zero-order valence-electron chi connectivity index (χ0n) is 9.44. The highest BCUT2D eigenvalue weighted by atomic mass is 16.3. The van der Waals surface area contributed by atoms with Gasteiger partial charge in [-0.3, -0.25) is 9.59 Å². The molecule has 1 aromatic carbocycles. The topological polar surface area (TPSA) is 69.6 Å². The lowest BCUT2D eigenvalue weighted by molar-refractivity contribution is 0.0819. The van der Waals surface area contributed by atoms with E-state index < -0.39 is 5.91 Å². The molecule has 0 radical (unpaired) electrons. The van der Waals surface area contributed by atoms with E-state index in [9.17, 15) is 14.7 Å². The molecule has 0 atom stereocenters. The van der Waals surface area contributed by atoms with Crippen LogP contribution in [-0.4, -0.2) is 43.0 Å². The minimum Gasteiger partial charge on any atom is -0.508 e. The van der Waals surface area contributed by atoms with E-state index in [1.807, 2.05) is 0 Å². The summed E-state index contributed by atoms with van der Waals surface area (Å²) in [5.41, 5.74) is 0.434. The summed E-state index contributed by atoms with van der Waals surface area (Å²) in [7, 11) is 4.67. The quantitative estimate of drug-likeness (QED) is 0.763. The first kappa shape index (κ1) is 12.0. The standard InChI is InChI=1S/C11H14N2O3/c1-12-10(15)9-6-7(14)4-5-8(9)11(16)13(2)3/h4-6,14H,1-3H3,(H,12,15). The van der Waals surface area contributed by atoms with Gasteiger partial charge in [0.25, 0.3) is 11.8 Å². The van der Waals surface area contributed by atoms with Crippen molar-refractivity contribution in [3.8, 4) is 5.75 Å². The van der Waals surface area contributed by atoms with Crippen molar-refractivity contribution >= 4 is 11.8 Å². The van der Waals surface area contributed by atoms with Gasteiger partial charge in [-0.15, -0.1) is 0 Å². The number of hydrogen-bond acceptors (Lipinski definition) is 3. The minimum absolute atomic E-state index is 0.0473.